The molecule has 9 aliphatic heterocycles. The summed E-state index contributed by atoms with van der Waals surface area (Å²) in [6, 6.07) is 13.2. The molecule has 0 amide bonds. The normalized spacial score (nSPS) is 23.1. The summed E-state index contributed by atoms with van der Waals surface area (Å²) in [4.78, 5) is 27.3. The minimum Gasteiger partial charge on any atom is -0.451 e. The number of benzene rings is 1. The number of aromatic nitrogens is 4. The molecule has 3 atom stereocenters. The minimum atomic E-state index is -5.18. The standard InChI is InChI=1S/C17H27NO2S.C14H23N3.C14H22N2O2S.C14H27NO.C13H22N2O.C10H18F3NO2S.C10H19N/c1-17(2,3)15-8-10-18(11-9-15)13-14-6-5-7-16(12-14)21(4,19)20;1-14(2,3)12-4-8-17(9-5-12)11-13-10-15-6-7-16-13;1-14(2,3)12-6-9-16(10-7-12)19(17,18)13-5-4-8-15-11-13;1-14(2,3)12-4-8-15(9-5-12)13-6-10-16-11-7-13;1-13(2,3)11-4-6-15(7-5-11)8-12-9-16-10-14-12;1-9(2,3)8-4-6-14(7-5-8)17(15,16)10(11,12)13;1-7(2)8-5-9-3-4-10(6-8)11-9/h5-7,12,15H,8-11,13H2,1-4H3;6-7,10,12H,4-5,8-9,11H2,1-3H3;4-5,8,11-12H,6-7,9-10H2,1-3H3;12-13H,4-11H2,1-3H3;9-11H,4-8H2,1-3H3;8H,4-7H2,1-3H3;7-11H,3-6H2,1-2H3/t;;;;;;8?,9-,10+. The van der Waals surface area contributed by atoms with E-state index in [1.54, 1.807) is 47.4 Å². The molecule has 0 spiro atoms. The highest BCUT2D eigenvalue weighted by atomic mass is 32.2. The topological polar surface area (TPSA) is 208 Å². The third kappa shape index (κ3) is 32.9. The molecule has 0 saturated carbocycles. The largest absolute Gasteiger partial charge is 0.511 e. The Kier molecular flexibility index (Phi) is 37.7. The monoisotopic (exact) mass is 1700 g/mol. The van der Waals surface area contributed by atoms with E-state index in [9.17, 15) is 38.4 Å². The van der Waals surface area contributed by atoms with Gasteiger partial charge in [-0.25, -0.2) is 30.2 Å². The molecule has 3 aromatic heterocycles. The maximum absolute atomic E-state index is 12.4. The SMILES string of the molecule is CC(C)(C)C1CCN(C2CCOCC2)CC1.CC(C)(C)C1CCN(Cc2cccc(S(C)(=O)=O)c2)CC1.CC(C)(C)C1CCN(Cc2cnccn2)CC1.CC(C)(C)C1CCN(Cc2cocn2)CC1.CC(C)(C)C1CCN(S(=O)(=O)C(F)(F)F)CC1.CC(C)(C)C1CCN(S(=O)(=O)c2cccnc2)CC1.CC(C)C1C[C@H]2CC[C@@H](C1)N2. The summed E-state index contributed by atoms with van der Waals surface area (Å²) in [6.07, 6.45) is 34.5. The van der Waals surface area contributed by atoms with Crippen LogP contribution in [-0.2, 0) is 54.3 Å². The van der Waals surface area contributed by atoms with Crippen molar-refractivity contribution in [3.05, 3.63) is 97.0 Å². The van der Waals surface area contributed by atoms with Crippen LogP contribution in [0.25, 0.3) is 0 Å². The van der Waals surface area contributed by atoms with Crippen LogP contribution in [0.2, 0.25) is 0 Å². The Labute approximate surface area is 708 Å². The smallest absolute Gasteiger partial charge is 0.451 e. The highest BCUT2D eigenvalue weighted by Gasteiger charge is 2.51. The van der Waals surface area contributed by atoms with Crippen molar-refractivity contribution >= 4 is 29.9 Å². The lowest BCUT2D eigenvalue weighted by Gasteiger charge is -2.42. The van der Waals surface area contributed by atoms with Crippen molar-refractivity contribution in [3.63, 3.8) is 0 Å². The first-order valence-electron chi connectivity index (χ1n) is 44.5. The van der Waals surface area contributed by atoms with Gasteiger partial charge >= 0.3 is 15.5 Å². The lowest BCUT2D eigenvalue weighted by Crippen LogP contribution is -2.46. The second kappa shape index (κ2) is 44.0. The molecule has 1 unspecified atom stereocenters. The zero-order valence-corrected chi connectivity index (χ0v) is 78.7. The molecule has 19 nitrogen and oxygen atoms in total. The Morgan fingerprint density at radius 2 is 0.855 bits per heavy atom. The van der Waals surface area contributed by atoms with Crippen LogP contribution in [0.4, 0.5) is 13.2 Å². The van der Waals surface area contributed by atoms with Gasteiger partial charge in [-0.3, -0.25) is 29.7 Å². The first kappa shape index (κ1) is 100. The Morgan fingerprint density at radius 3 is 1.23 bits per heavy atom. The molecule has 1 aromatic carbocycles. The Hall–Kier alpha value is -4.02. The number of alkyl halides is 3. The molecule has 13 rings (SSSR count). The van der Waals surface area contributed by atoms with Crippen LogP contribution in [0.15, 0.2) is 94.2 Å². The predicted octanol–water partition coefficient (Wildman–Crippen LogP) is 19.2. The number of hydrogen-bond donors (Lipinski definition) is 1. The van der Waals surface area contributed by atoms with E-state index in [2.05, 4.69) is 163 Å². The Balaban J connectivity index is 0.000000190. The van der Waals surface area contributed by atoms with Gasteiger partial charge in [0.05, 0.1) is 16.3 Å². The first-order chi connectivity index (χ1) is 54.4. The molecular formula is C92H158F3N11O8S3. The van der Waals surface area contributed by atoms with E-state index in [0.717, 1.165) is 129 Å². The van der Waals surface area contributed by atoms with E-state index in [1.807, 2.05) is 45.2 Å². The van der Waals surface area contributed by atoms with Crippen LogP contribution in [0.3, 0.4) is 0 Å². The number of oxazole rings is 1. The number of nitrogens with zero attached hydrogens (tertiary/aromatic N) is 10. The third-order valence-corrected chi connectivity index (χ3v) is 31.8. The fraction of sp³-hybridized carbons (Fsp3) is 0.804. The van der Waals surface area contributed by atoms with Gasteiger partial charge in [0.2, 0.25) is 10.0 Å². The van der Waals surface area contributed by atoms with Gasteiger partial charge in [-0.2, -0.15) is 21.8 Å². The number of hydrogen-bond acceptors (Lipinski definition) is 17. The number of nitrogens with one attached hydrogen (secondary N) is 1. The van der Waals surface area contributed by atoms with E-state index in [-0.39, 0.29) is 29.8 Å². The van der Waals surface area contributed by atoms with Gasteiger partial charge in [-0.05, 0) is 278 Å². The fourth-order valence-electron chi connectivity index (χ4n) is 18.7. The molecule has 9 fully saturated rings. The molecule has 12 heterocycles. The van der Waals surface area contributed by atoms with Crippen molar-refractivity contribution in [1.82, 2.24) is 53.5 Å². The summed E-state index contributed by atoms with van der Waals surface area (Å²) in [5.74, 6) is 6.20. The number of halogens is 3. The molecule has 668 valence electrons. The summed E-state index contributed by atoms with van der Waals surface area (Å²) in [5.41, 5.74) is 0.116. The number of sulfone groups is 1. The van der Waals surface area contributed by atoms with Gasteiger partial charge in [0.25, 0.3) is 0 Å². The van der Waals surface area contributed by atoms with E-state index < -0.39 is 35.4 Å². The van der Waals surface area contributed by atoms with Crippen LogP contribution >= 0.6 is 0 Å². The highest BCUT2D eigenvalue weighted by molar-refractivity contribution is 7.90. The number of sulfonamides is 2. The molecule has 9 saturated heterocycles. The van der Waals surface area contributed by atoms with Gasteiger partial charge in [-0.1, -0.05) is 151 Å². The number of rotatable bonds is 12. The van der Waals surface area contributed by atoms with Crippen molar-refractivity contribution in [3.8, 4) is 0 Å². The molecule has 4 aromatic rings. The number of fused-ring (bicyclic) bond motifs is 2. The summed E-state index contributed by atoms with van der Waals surface area (Å²) < 4.78 is 120. The number of piperidine rings is 7. The van der Waals surface area contributed by atoms with E-state index >= 15 is 0 Å². The summed E-state index contributed by atoms with van der Waals surface area (Å²) >= 11 is 0. The van der Waals surface area contributed by atoms with Crippen LogP contribution in [0, 0.1) is 79.8 Å². The van der Waals surface area contributed by atoms with Crippen LogP contribution < -0.4 is 5.32 Å². The van der Waals surface area contributed by atoms with Gasteiger partial charge in [0.15, 0.2) is 16.2 Å². The second-order valence-electron chi connectivity index (χ2n) is 42.2. The highest BCUT2D eigenvalue weighted by Crippen LogP contribution is 2.42. The predicted molar refractivity (Wildman–Crippen MR) is 469 cm³/mol. The molecule has 1 N–H and O–H groups in total. The molecule has 25 heteroatoms. The van der Waals surface area contributed by atoms with E-state index in [1.165, 1.54) is 148 Å². The fourth-order valence-corrected chi connectivity index (χ4v) is 21.8. The minimum absolute atomic E-state index is 0.00802. The van der Waals surface area contributed by atoms with Crippen LogP contribution in [-0.4, -0.2) is 195 Å². The van der Waals surface area contributed by atoms with Crippen molar-refractivity contribution in [2.75, 3.05) is 98.0 Å². The average molecular weight is 1700 g/mol. The first-order valence-corrected chi connectivity index (χ1v) is 49.3. The van der Waals surface area contributed by atoms with Gasteiger partial charge in [0, 0.05) is 114 Å². The van der Waals surface area contributed by atoms with Crippen molar-refractivity contribution in [1.29, 1.82) is 0 Å². The molecular weight excluding hydrogens is 1540 g/mol. The zero-order valence-electron chi connectivity index (χ0n) is 76.2. The lowest BCUT2D eigenvalue weighted by molar-refractivity contribution is -0.0501. The summed E-state index contributed by atoms with van der Waals surface area (Å²) in [5, 5.41) is 3.68. The van der Waals surface area contributed by atoms with Gasteiger partial charge in [-0.15, -0.1) is 0 Å². The van der Waals surface area contributed by atoms with Crippen molar-refractivity contribution in [2.45, 2.75) is 307 Å². The van der Waals surface area contributed by atoms with Crippen LogP contribution in [0.1, 0.15) is 271 Å². The maximum atomic E-state index is 12.4. The molecule has 9 aliphatic rings. The molecule has 117 heavy (non-hydrogen) atoms. The van der Waals surface area contributed by atoms with E-state index in [0.29, 0.717) is 67.6 Å². The number of ether oxygens (including phenoxy) is 1. The Morgan fingerprint density at radius 1 is 0.453 bits per heavy atom. The van der Waals surface area contributed by atoms with Crippen molar-refractivity contribution in [2.24, 2.45) is 79.8 Å². The Bertz CT molecular complexity index is 3810. The number of pyridine rings is 1. The van der Waals surface area contributed by atoms with Gasteiger partial charge < -0.3 is 19.4 Å². The lowest BCUT2D eigenvalue weighted by atomic mass is 9.75. The van der Waals surface area contributed by atoms with Crippen LogP contribution in [0.5, 0.6) is 0 Å². The third-order valence-electron chi connectivity index (χ3n) is 27.2. The second-order valence-corrected chi connectivity index (χ2v) is 48.1. The number of likely N-dealkylation sites (tertiary alicyclic amines) is 4. The quantitative estimate of drug-likeness (QED) is 0.140. The summed E-state index contributed by atoms with van der Waals surface area (Å²) in [6.45, 7) is 61.2. The van der Waals surface area contributed by atoms with E-state index in [4.69, 9.17) is 9.15 Å². The zero-order chi connectivity index (χ0) is 86.6. The molecule has 2 bridgehead atoms. The van der Waals surface area contributed by atoms with Gasteiger partial charge in [0.1, 0.15) is 11.2 Å². The molecule has 0 aliphatic carbocycles. The maximum Gasteiger partial charge on any atom is 0.511 e. The summed E-state index contributed by atoms with van der Waals surface area (Å²) in [7, 11) is -11.6. The van der Waals surface area contributed by atoms with Crippen molar-refractivity contribution < 1.29 is 47.6 Å². The molecule has 0 radical (unpaired) electrons. The average Bonchev–Trinajstić information content (AvgIpc) is 1.07.